The lowest BCUT2D eigenvalue weighted by molar-refractivity contribution is -0.139. The van der Waals surface area contributed by atoms with Gasteiger partial charge in [-0.05, 0) is 61.1 Å². The molecule has 32 heavy (non-hydrogen) atoms. The van der Waals surface area contributed by atoms with Crippen molar-refractivity contribution in [1.29, 1.82) is 0 Å². The van der Waals surface area contributed by atoms with Crippen molar-refractivity contribution in [1.82, 2.24) is 0 Å². The van der Waals surface area contributed by atoms with Crippen LogP contribution in [0.4, 0.5) is 0 Å². The Labute approximate surface area is 188 Å². The molecule has 5 nitrogen and oxygen atoms in total. The van der Waals surface area contributed by atoms with Crippen LogP contribution in [-0.2, 0) is 24.1 Å². The number of benzene rings is 3. The zero-order valence-electron chi connectivity index (χ0n) is 18.0. The zero-order valence-corrected chi connectivity index (χ0v) is 18.0. The number of aryl methyl sites for hydroxylation is 2. The molecule has 0 amide bonds. The largest absolute Gasteiger partial charge is 0.494 e. The molecule has 1 atom stereocenters. The van der Waals surface area contributed by atoms with Crippen molar-refractivity contribution in [3.63, 3.8) is 0 Å². The highest BCUT2D eigenvalue weighted by Crippen LogP contribution is 2.37. The van der Waals surface area contributed by atoms with Crippen molar-refractivity contribution in [3.05, 3.63) is 89.5 Å². The molecular formula is C27H28O5. The fourth-order valence-corrected chi connectivity index (χ4v) is 3.95. The molecule has 0 aliphatic carbocycles. The van der Waals surface area contributed by atoms with Gasteiger partial charge in [-0.1, -0.05) is 48.5 Å². The Hall–Kier alpha value is -3.47. The van der Waals surface area contributed by atoms with E-state index in [4.69, 9.17) is 19.3 Å². The lowest BCUT2D eigenvalue weighted by Crippen LogP contribution is -2.13. The van der Waals surface area contributed by atoms with Crippen molar-refractivity contribution >= 4 is 5.97 Å². The molecule has 0 bridgehead atoms. The third kappa shape index (κ3) is 6.03. The maximum absolute atomic E-state index is 11.0. The number of carbonyl (C=O) groups is 1. The maximum Gasteiger partial charge on any atom is 0.341 e. The lowest BCUT2D eigenvalue weighted by atomic mass is 10.0. The highest BCUT2D eigenvalue weighted by molar-refractivity contribution is 5.68. The average Bonchev–Trinajstić information content (AvgIpc) is 3.22. The van der Waals surface area contributed by atoms with Crippen LogP contribution in [0.15, 0.2) is 72.8 Å². The summed E-state index contributed by atoms with van der Waals surface area (Å²) in [6, 6.07) is 24.1. The summed E-state index contributed by atoms with van der Waals surface area (Å²) in [7, 11) is 0. The zero-order chi connectivity index (χ0) is 22.2. The van der Waals surface area contributed by atoms with Crippen molar-refractivity contribution in [2.45, 2.75) is 38.2 Å². The van der Waals surface area contributed by atoms with Crippen molar-refractivity contribution in [2.75, 3.05) is 13.2 Å². The maximum atomic E-state index is 11.0. The quantitative estimate of drug-likeness (QED) is 0.427. The molecule has 1 unspecified atom stereocenters. The van der Waals surface area contributed by atoms with Gasteiger partial charge in [0, 0.05) is 12.0 Å². The molecule has 0 saturated heterocycles. The first-order valence-corrected chi connectivity index (χ1v) is 11.1. The summed E-state index contributed by atoms with van der Waals surface area (Å²) < 4.78 is 17.6. The minimum absolute atomic E-state index is 0.120. The van der Waals surface area contributed by atoms with Crippen LogP contribution in [0, 0.1) is 0 Å². The van der Waals surface area contributed by atoms with E-state index in [1.165, 1.54) is 5.56 Å². The Kier molecular flexibility index (Phi) is 7.28. The van der Waals surface area contributed by atoms with E-state index in [1.54, 1.807) is 0 Å². The van der Waals surface area contributed by atoms with Gasteiger partial charge in [0.15, 0.2) is 6.61 Å². The standard InChI is InChI=1S/C27H28O5/c28-27(29)19-31-25-18-22-16-24(14-13-20-8-3-1-4-9-20)32-26(22)17-21(25)10-7-15-30-23-11-5-2-6-12-23/h1-6,8-9,11-12,17-18,24H,7,10,13-16,19H2,(H,28,29). The summed E-state index contributed by atoms with van der Waals surface area (Å²) in [5, 5.41) is 9.05. The number of hydrogen-bond acceptors (Lipinski definition) is 4. The van der Waals surface area contributed by atoms with Crippen LogP contribution in [0.1, 0.15) is 29.5 Å². The van der Waals surface area contributed by atoms with E-state index < -0.39 is 5.97 Å². The van der Waals surface area contributed by atoms with Gasteiger partial charge in [0.1, 0.15) is 23.4 Å². The predicted octanol–water partition coefficient (Wildman–Crippen LogP) is 5.10. The third-order valence-electron chi connectivity index (χ3n) is 5.54. The minimum atomic E-state index is -0.985. The Bertz CT molecular complexity index is 1020. The highest BCUT2D eigenvalue weighted by Gasteiger charge is 2.25. The summed E-state index contributed by atoms with van der Waals surface area (Å²) in [5.41, 5.74) is 3.33. The molecule has 1 heterocycles. The predicted molar refractivity (Wildman–Crippen MR) is 123 cm³/mol. The molecule has 1 N–H and O–H groups in total. The number of hydrogen-bond donors (Lipinski definition) is 1. The van der Waals surface area contributed by atoms with Crippen LogP contribution in [0.5, 0.6) is 17.2 Å². The van der Waals surface area contributed by atoms with Crippen LogP contribution < -0.4 is 14.2 Å². The highest BCUT2D eigenvalue weighted by atomic mass is 16.5. The lowest BCUT2D eigenvalue weighted by Gasteiger charge is -2.13. The fraction of sp³-hybridized carbons (Fsp3) is 0.296. The molecule has 3 aromatic rings. The van der Waals surface area contributed by atoms with Crippen molar-refractivity contribution < 1.29 is 24.1 Å². The topological polar surface area (TPSA) is 65.0 Å². The summed E-state index contributed by atoms with van der Waals surface area (Å²) >= 11 is 0. The van der Waals surface area contributed by atoms with Crippen LogP contribution >= 0.6 is 0 Å². The molecule has 0 saturated carbocycles. The van der Waals surface area contributed by atoms with Gasteiger partial charge in [0.05, 0.1) is 6.61 Å². The molecule has 4 rings (SSSR count). The van der Waals surface area contributed by atoms with Crippen LogP contribution in [0.2, 0.25) is 0 Å². The van der Waals surface area contributed by atoms with E-state index in [2.05, 4.69) is 24.3 Å². The van der Waals surface area contributed by atoms with Crippen LogP contribution in [-0.4, -0.2) is 30.4 Å². The van der Waals surface area contributed by atoms with Gasteiger partial charge in [0.25, 0.3) is 0 Å². The minimum Gasteiger partial charge on any atom is -0.494 e. The van der Waals surface area contributed by atoms with Gasteiger partial charge in [0.2, 0.25) is 0 Å². The van der Waals surface area contributed by atoms with E-state index in [1.807, 2.05) is 48.5 Å². The van der Waals surface area contributed by atoms with Gasteiger partial charge in [-0.3, -0.25) is 0 Å². The Morgan fingerprint density at radius 3 is 2.47 bits per heavy atom. The summed E-state index contributed by atoms with van der Waals surface area (Å²) in [6.45, 7) is 0.213. The second-order valence-corrected chi connectivity index (χ2v) is 7.98. The smallest absolute Gasteiger partial charge is 0.341 e. The Morgan fingerprint density at radius 2 is 1.72 bits per heavy atom. The molecule has 5 heteroatoms. The van der Waals surface area contributed by atoms with Gasteiger partial charge < -0.3 is 19.3 Å². The summed E-state index contributed by atoms with van der Waals surface area (Å²) in [5.74, 6) is 1.36. The van der Waals surface area contributed by atoms with Crippen molar-refractivity contribution in [2.24, 2.45) is 0 Å². The molecular weight excluding hydrogens is 404 g/mol. The normalized spacial score (nSPS) is 14.4. The number of rotatable bonds is 11. The van der Waals surface area contributed by atoms with E-state index >= 15 is 0 Å². The van der Waals surface area contributed by atoms with Gasteiger partial charge in [-0.2, -0.15) is 0 Å². The number of ether oxygens (including phenoxy) is 3. The van der Waals surface area contributed by atoms with E-state index in [-0.39, 0.29) is 12.7 Å². The Morgan fingerprint density at radius 1 is 0.969 bits per heavy atom. The molecule has 166 valence electrons. The second kappa shape index (κ2) is 10.7. The van der Waals surface area contributed by atoms with Crippen molar-refractivity contribution in [3.8, 4) is 17.2 Å². The fourth-order valence-electron chi connectivity index (χ4n) is 3.95. The number of para-hydroxylation sites is 1. The summed E-state index contributed by atoms with van der Waals surface area (Å²) in [6.07, 6.45) is 4.33. The molecule has 3 aromatic carbocycles. The summed E-state index contributed by atoms with van der Waals surface area (Å²) in [4.78, 5) is 11.0. The van der Waals surface area contributed by atoms with E-state index in [9.17, 15) is 4.79 Å². The first-order valence-electron chi connectivity index (χ1n) is 11.1. The molecule has 1 aliphatic heterocycles. The number of aliphatic carboxylic acids is 1. The van der Waals surface area contributed by atoms with Gasteiger partial charge in [-0.15, -0.1) is 0 Å². The van der Waals surface area contributed by atoms with E-state index in [0.717, 1.165) is 48.3 Å². The van der Waals surface area contributed by atoms with Gasteiger partial charge >= 0.3 is 5.97 Å². The molecule has 1 aliphatic rings. The van der Waals surface area contributed by atoms with Gasteiger partial charge in [-0.25, -0.2) is 4.79 Å². The van der Waals surface area contributed by atoms with Crippen LogP contribution in [0.25, 0.3) is 0 Å². The van der Waals surface area contributed by atoms with E-state index in [0.29, 0.717) is 18.8 Å². The monoisotopic (exact) mass is 432 g/mol. The number of carboxylic acids is 1. The van der Waals surface area contributed by atoms with Crippen LogP contribution in [0.3, 0.4) is 0 Å². The molecule has 0 aromatic heterocycles. The second-order valence-electron chi connectivity index (χ2n) is 7.98. The molecule has 0 spiro atoms. The Balaban J connectivity index is 1.38. The number of carboxylic acid groups (broad SMARTS) is 1. The first kappa shape index (κ1) is 21.8. The first-order chi connectivity index (χ1) is 15.7. The average molecular weight is 433 g/mol. The molecule has 0 fully saturated rings. The third-order valence-corrected chi connectivity index (χ3v) is 5.54. The molecule has 0 radical (unpaired) electrons. The number of fused-ring (bicyclic) bond motifs is 1. The SMILES string of the molecule is O=C(O)COc1cc2c(cc1CCCOc1ccccc1)OC(CCc1ccccc1)C2.